The molecular weight excluding hydrogens is 196 g/mol. The zero-order chi connectivity index (χ0) is 11.3. The first-order chi connectivity index (χ1) is 7.19. The Kier molecular flexibility index (Phi) is 5.01. The fraction of sp³-hybridized carbons (Fsp3) is 0.900. The molecule has 1 saturated heterocycles. The Hall–Kier alpha value is -0.650. The van der Waals surface area contributed by atoms with Crippen LogP contribution < -0.4 is 5.73 Å². The van der Waals surface area contributed by atoms with E-state index in [1.54, 1.807) is 7.11 Å². The van der Waals surface area contributed by atoms with Gasteiger partial charge in [0.1, 0.15) is 0 Å². The van der Waals surface area contributed by atoms with Crippen molar-refractivity contribution in [3.05, 3.63) is 0 Å². The van der Waals surface area contributed by atoms with Gasteiger partial charge in [0.2, 0.25) is 5.91 Å². The number of methoxy groups -OCH3 is 1. The molecule has 1 aliphatic heterocycles. The van der Waals surface area contributed by atoms with Crippen LogP contribution in [0.25, 0.3) is 0 Å². The highest BCUT2D eigenvalue weighted by Crippen LogP contribution is 2.12. The van der Waals surface area contributed by atoms with Gasteiger partial charge in [-0.2, -0.15) is 0 Å². The predicted molar refractivity (Wildman–Crippen MR) is 56.5 cm³/mol. The monoisotopic (exact) mass is 216 g/mol. The van der Waals surface area contributed by atoms with E-state index in [0.29, 0.717) is 32.7 Å². The second-order valence-corrected chi connectivity index (χ2v) is 3.83. The van der Waals surface area contributed by atoms with Crippen molar-refractivity contribution in [1.29, 1.82) is 0 Å². The van der Waals surface area contributed by atoms with Crippen LogP contribution in [-0.2, 0) is 14.3 Å². The summed E-state index contributed by atoms with van der Waals surface area (Å²) in [6.45, 7) is 4.08. The molecular formula is C10H20N2O3. The first kappa shape index (κ1) is 12.4. The first-order valence-electron chi connectivity index (χ1n) is 5.29. The van der Waals surface area contributed by atoms with Crippen molar-refractivity contribution in [2.24, 2.45) is 5.73 Å². The Morgan fingerprint density at radius 1 is 1.67 bits per heavy atom. The van der Waals surface area contributed by atoms with Crippen molar-refractivity contribution < 1.29 is 14.3 Å². The van der Waals surface area contributed by atoms with E-state index in [0.717, 1.165) is 0 Å². The average molecular weight is 216 g/mol. The number of carbonyl (C=O) groups excluding carboxylic acids is 1. The van der Waals surface area contributed by atoms with Crippen LogP contribution in [0.3, 0.4) is 0 Å². The second-order valence-electron chi connectivity index (χ2n) is 3.83. The molecule has 5 heteroatoms. The maximum Gasteiger partial charge on any atom is 0.225 e. The number of hydrogen-bond acceptors (Lipinski definition) is 4. The molecule has 88 valence electrons. The number of rotatable bonds is 4. The molecule has 0 bridgehead atoms. The van der Waals surface area contributed by atoms with Crippen LogP contribution in [0.2, 0.25) is 0 Å². The highest BCUT2D eigenvalue weighted by atomic mass is 16.5. The van der Waals surface area contributed by atoms with Crippen molar-refractivity contribution in [2.75, 3.05) is 33.4 Å². The van der Waals surface area contributed by atoms with Crippen LogP contribution in [0.5, 0.6) is 0 Å². The summed E-state index contributed by atoms with van der Waals surface area (Å²) in [5, 5.41) is 0. The fourth-order valence-corrected chi connectivity index (χ4v) is 1.64. The van der Waals surface area contributed by atoms with Crippen LogP contribution in [0.1, 0.15) is 13.3 Å². The molecule has 5 nitrogen and oxygen atoms in total. The molecule has 1 heterocycles. The molecule has 2 unspecified atom stereocenters. The number of ether oxygens (including phenoxy) is 2. The Morgan fingerprint density at radius 3 is 3.00 bits per heavy atom. The van der Waals surface area contributed by atoms with Crippen LogP contribution >= 0.6 is 0 Å². The van der Waals surface area contributed by atoms with Gasteiger partial charge in [-0.25, -0.2) is 0 Å². The highest BCUT2D eigenvalue weighted by Gasteiger charge is 2.28. The van der Waals surface area contributed by atoms with E-state index < -0.39 is 0 Å². The quantitative estimate of drug-likeness (QED) is 0.694. The zero-order valence-corrected chi connectivity index (χ0v) is 9.44. The van der Waals surface area contributed by atoms with E-state index in [1.165, 1.54) is 0 Å². The number of hydrogen-bond donors (Lipinski definition) is 1. The Morgan fingerprint density at radius 2 is 2.40 bits per heavy atom. The van der Waals surface area contributed by atoms with Crippen molar-refractivity contribution in [3.8, 4) is 0 Å². The smallest absolute Gasteiger partial charge is 0.225 e. The van der Waals surface area contributed by atoms with Crippen molar-refractivity contribution in [1.82, 2.24) is 4.90 Å². The summed E-state index contributed by atoms with van der Waals surface area (Å²) in [6, 6.07) is 0.136. The predicted octanol–water partition coefficient (Wildman–Crippen LogP) is -0.402. The van der Waals surface area contributed by atoms with Gasteiger partial charge in [-0.3, -0.25) is 4.79 Å². The topological polar surface area (TPSA) is 64.8 Å². The molecule has 0 radical (unpaired) electrons. The number of nitrogens with zero attached hydrogens (tertiary/aromatic N) is 1. The maximum atomic E-state index is 11.8. The largest absolute Gasteiger partial charge is 0.384 e. The minimum Gasteiger partial charge on any atom is -0.384 e. The third-order valence-corrected chi connectivity index (χ3v) is 2.61. The molecule has 0 aromatic carbocycles. The summed E-state index contributed by atoms with van der Waals surface area (Å²) >= 11 is 0. The molecule has 0 aliphatic carbocycles. The number of carbonyl (C=O) groups is 1. The molecule has 1 rings (SSSR count). The molecule has 2 N–H and O–H groups in total. The van der Waals surface area contributed by atoms with E-state index in [2.05, 4.69) is 0 Å². The van der Waals surface area contributed by atoms with Gasteiger partial charge in [0, 0.05) is 20.2 Å². The lowest BCUT2D eigenvalue weighted by Gasteiger charge is -2.37. The van der Waals surface area contributed by atoms with Crippen molar-refractivity contribution in [3.63, 3.8) is 0 Å². The van der Waals surface area contributed by atoms with E-state index in [4.69, 9.17) is 15.2 Å². The van der Waals surface area contributed by atoms with Crippen LogP contribution in [-0.4, -0.2) is 56.4 Å². The minimum absolute atomic E-state index is 0.0207. The maximum absolute atomic E-state index is 11.8. The summed E-state index contributed by atoms with van der Waals surface area (Å²) < 4.78 is 10.4. The summed E-state index contributed by atoms with van der Waals surface area (Å²) in [7, 11) is 1.60. The Bertz CT molecular complexity index is 211. The Balaban J connectivity index is 2.46. The van der Waals surface area contributed by atoms with Gasteiger partial charge in [-0.1, -0.05) is 0 Å². The Labute approximate surface area is 90.5 Å². The van der Waals surface area contributed by atoms with Gasteiger partial charge in [-0.05, 0) is 6.92 Å². The molecule has 1 amide bonds. The number of amides is 1. The lowest BCUT2D eigenvalue weighted by atomic mass is 10.2. The highest BCUT2D eigenvalue weighted by molar-refractivity contribution is 5.76. The zero-order valence-electron chi connectivity index (χ0n) is 9.44. The fourth-order valence-electron chi connectivity index (χ4n) is 1.64. The first-order valence-corrected chi connectivity index (χ1v) is 5.29. The van der Waals surface area contributed by atoms with Gasteiger partial charge in [-0.15, -0.1) is 0 Å². The van der Waals surface area contributed by atoms with Gasteiger partial charge in [0.15, 0.2) is 0 Å². The molecule has 0 aromatic rings. The molecule has 0 saturated carbocycles. The number of morpholine rings is 1. The molecule has 0 spiro atoms. The van der Waals surface area contributed by atoms with E-state index in [9.17, 15) is 4.79 Å². The van der Waals surface area contributed by atoms with E-state index in [1.807, 2.05) is 11.8 Å². The van der Waals surface area contributed by atoms with Crippen LogP contribution in [0.4, 0.5) is 0 Å². The third kappa shape index (κ3) is 3.44. The second kappa shape index (κ2) is 6.05. The molecule has 0 aromatic heterocycles. The van der Waals surface area contributed by atoms with Gasteiger partial charge >= 0.3 is 0 Å². The van der Waals surface area contributed by atoms with E-state index >= 15 is 0 Å². The summed E-state index contributed by atoms with van der Waals surface area (Å²) in [4.78, 5) is 13.6. The standard InChI is InChI=1S/C10H20N2O3/c1-8-7-15-9(5-11)6-12(8)10(13)3-4-14-2/h8-9H,3-7,11H2,1-2H3. The van der Waals surface area contributed by atoms with Gasteiger partial charge < -0.3 is 20.1 Å². The van der Waals surface area contributed by atoms with Crippen molar-refractivity contribution >= 4 is 5.91 Å². The van der Waals surface area contributed by atoms with Crippen molar-refractivity contribution in [2.45, 2.75) is 25.5 Å². The summed E-state index contributed by atoms with van der Waals surface area (Å²) in [5.41, 5.74) is 5.52. The normalized spacial score (nSPS) is 26.7. The lowest BCUT2D eigenvalue weighted by molar-refractivity contribution is -0.144. The van der Waals surface area contributed by atoms with Crippen LogP contribution in [0, 0.1) is 0 Å². The molecule has 1 fully saturated rings. The van der Waals surface area contributed by atoms with Gasteiger partial charge in [0.05, 0.1) is 31.8 Å². The minimum atomic E-state index is -0.0207. The lowest BCUT2D eigenvalue weighted by Crippen LogP contribution is -2.53. The van der Waals surface area contributed by atoms with Gasteiger partial charge in [0.25, 0.3) is 0 Å². The molecule has 2 atom stereocenters. The van der Waals surface area contributed by atoms with Crippen LogP contribution in [0.15, 0.2) is 0 Å². The molecule has 1 aliphatic rings. The third-order valence-electron chi connectivity index (χ3n) is 2.61. The average Bonchev–Trinajstić information content (AvgIpc) is 2.26. The SMILES string of the molecule is COCCC(=O)N1CC(CN)OCC1C. The summed E-state index contributed by atoms with van der Waals surface area (Å²) in [6.07, 6.45) is 0.408. The summed E-state index contributed by atoms with van der Waals surface area (Å²) in [5.74, 6) is 0.117. The van der Waals surface area contributed by atoms with E-state index in [-0.39, 0.29) is 18.1 Å². The number of nitrogens with two attached hydrogens (primary N) is 1. The molecule has 15 heavy (non-hydrogen) atoms.